The molecular weight excluding hydrogens is 386 g/mol. The molecule has 4 rings (SSSR count). The van der Waals surface area contributed by atoms with Crippen LogP contribution in [0.25, 0.3) is 0 Å². The monoisotopic (exact) mass is 405 g/mol. The molecule has 6 nitrogen and oxygen atoms in total. The summed E-state index contributed by atoms with van der Waals surface area (Å²) in [5, 5.41) is 3.43. The maximum Gasteiger partial charge on any atom is 0.243 e. The molecule has 2 aliphatic heterocycles. The van der Waals surface area contributed by atoms with Gasteiger partial charge in [0, 0.05) is 42.6 Å². The van der Waals surface area contributed by atoms with E-state index in [-0.39, 0.29) is 16.7 Å². The van der Waals surface area contributed by atoms with Crippen molar-refractivity contribution >= 4 is 38.9 Å². The van der Waals surface area contributed by atoms with Gasteiger partial charge in [0.2, 0.25) is 15.9 Å². The lowest BCUT2D eigenvalue weighted by molar-refractivity contribution is -0.116. The minimum atomic E-state index is -3.60. The Morgan fingerprint density at radius 2 is 1.81 bits per heavy atom. The molecule has 1 N–H and O–H groups in total. The Morgan fingerprint density at radius 1 is 1.07 bits per heavy atom. The van der Waals surface area contributed by atoms with Gasteiger partial charge in [0.25, 0.3) is 0 Å². The summed E-state index contributed by atoms with van der Waals surface area (Å²) in [6.07, 6.45) is 0. The summed E-state index contributed by atoms with van der Waals surface area (Å²) in [4.78, 5) is 14.2. The first-order chi connectivity index (χ1) is 12.9. The van der Waals surface area contributed by atoms with Crippen molar-refractivity contribution in [1.29, 1.82) is 0 Å². The van der Waals surface area contributed by atoms with E-state index in [1.54, 1.807) is 25.1 Å². The van der Waals surface area contributed by atoms with E-state index in [1.807, 2.05) is 24.3 Å². The molecular formula is C19H20ClN3O3S. The van der Waals surface area contributed by atoms with Crippen molar-refractivity contribution in [2.24, 2.45) is 0 Å². The minimum absolute atomic E-state index is 0.102. The molecule has 27 heavy (non-hydrogen) atoms. The van der Waals surface area contributed by atoms with E-state index in [0.29, 0.717) is 36.9 Å². The third kappa shape index (κ3) is 3.31. The lowest BCUT2D eigenvalue weighted by Crippen LogP contribution is -2.48. The number of sulfonamides is 1. The van der Waals surface area contributed by atoms with Crippen LogP contribution >= 0.6 is 11.6 Å². The largest absolute Gasteiger partial charge is 0.369 e. The highest BCUT2D eigenvalue weighted by Crippen LogP contribution is 2.34. The number of hydrogen-bond acceptors (Lipinski definition) is 4. The Bertz CT molecular complexity index is 1000. The van der Waals surface area contributed by atoms with Crippen LogP contribution in [0.1, 0.15) is 18.4 Å². The molecule has 0 unspecified atom stereocenters. The van der Waals surface area contributed by atoms with Crippen LogP contribution in [0, 0.1) is 0 Å². The zero-order valence-electron chi connectivity index (χ0n) is 14.9. The van der Waals surface area contributed by atoms with Gasteiger partial charge in [-0.1, -0.05) is 17.7 Å². The van der Waals surface area contributed by atoms with Gasteiger partial charge < -0.3 is 10.2 Å². The molecule has 2 aliphatic rings. The standard InChI is InChI=1S/C19H20ClN3O3S/c1-13-17-12-16(5-6-18(17)21-19(13)24)27(25,26)23-9-7-22(8-10-23)15-4-2-3-14(20)11-15/h2-6,11-13H,7-10H2,1H3,(H,21,24)/t13-/m0/s1. The molecule has 0 spiro atoms. The maximum atomic E-state index is 13.1. The number of anilines is 2. The lowest BCUT2D eigenvalue weighted by atomic mass is 10.0. The summed E-state index contributed by atoms with van der Waals surface area (Å²) in [7, 11) is -3.60. The highest BCUT2D eigenvalue weighted by Gasteiger charge is 2.32. The molecule has 2 aromatic carbocycles. The second-order valence-electron chi connectivity index (χ2n) is 6.83. The molecule has 142 valence electrons. The Balaban J connectivity index is 1.52. The van der Waals surface area contributed by atoms with E-state index in [4.69, 9.17) is 11.6 Å². The molecule has 2 heterocycles. The van der Waals surface area contributed by atoms with Crippen molar-refractivity contribution in [3.8, 4) is 0 Å². The van der Waals surface area contributed by atoms with Gasteiger partial charge in [-0.15, -0.1) is 0 Å². The van der Waals surface area contributed by atoms with Crippen molar-refractivity contribution in [2.45, 2.75) is 17.7 Å². The molecule has 1 saturated heterocycles. The van der Waals surface area contributed by atoms with Crippen LogP contribution in [0.4, 0.5) is 11.4 Å². The third-order valence-corrected chi connectivity index (χ3v) is 7.32. The molecule has 1 fully saturated rings. The molecule has 1 atom stereocenters. The normalized spacial score (nSPS) is 20.4. The topological polar surface area (TPSA) is 69.7 Å². The molecule has 0 aromatic heterocycles. The average molecular weight is 406 g/mol. The number of nitrogens with one attached hydrogen (secondary N) is 1. The number of rotatable bonds is 3. The number of nitrogens with zero attached hydrogens (tertiary/aromatic N) is 2. The van der Waals surface area contributed by atoms with Gasteiger partial charge in [-0.05, 0) is 48.9 Å². The van der Waals surface area contributed by atoms with Crippen LogP contribution in [0.15, 0.2) is 47.4 Å². The van der Waals surface area contributed by atoms with Crippen LogP contribution in [0.2, 0.25) is 5.02 Å². The van der Waals surface area contributed by atoms with Crippen molar-refractivity contribution in [1.82, 2.24) is 4.31 Å². The molecule has 0 saturated carbocycles. The van der Waals surface area contributed by atoms with Crippen molar-refractivity contribution in [3.63, 3.8) is 0 Å². The summed E-state index contributed by atoms with van der Waals surface area (Å²) in [5.41, 5.74) is 2.42. The number of carbonyl (C=O) groups is 1. The number of amides is 1. The van der Waals surface area contributed by atoms with Crippen molar-refractivity contribution in [2.75, 3.05) is 36.4 Å². The van der Waals surface area contributed by atoms with Gasteiger partial charge in [-0.25, -0.2) is 8.42 Å². The highest BCUT2D eigenvalue weighted by molar-refractivity contribution is 7.89. The van der Waals surface area contributed by atoms with E-state index in [2.05, 4.69) is 10.2 Å². The maximum absolute atomic E-state index is 13.1. The van der Waals surface area contributed by atoms with Crippen molar-refractivity contribution < 1.29 is 13.2 Å². The lowest BCUT2D eigenvalue weighted by Gasteiger charge is -2.35. The summed E-state index contributed by atoms with van der Waals surface area (Å²) >= 11 is 6.05. The van der Waals surface area contributed by atoms with Gasteiger partial charge in [0.05, 0.1) is 10.8 Å². The zero-order valence-corrected chi connectivity index (χ0v) is 16.4. The van der Waals surface area contributed by atoms with Gasteiger partial charge in [-0.3, -0.25) is 4.79 Å². The Labute approximate surface area is 163 Å². The fraction of sp³-hybridized carbons (Fsp3) is 0.316. The van der Waals surface area contributed by atoms with Crippen LogP contribution in [0.5, 0.6) is 0 Å². The quantitative estimate of drug-likeness (QED) is 0.852. The molecule has 0 bridgehead atoms. The Morgan fingerprint density at radius 3 is 2.52 bits per heavy atom. The van der Waals surface area contributed by atoms with E-state index in [1.165, 1.54) is 4.31 Å². The number of benzene rings is 2. The molecule has 1 amide bonds. The Hall–Kier alpha value is -2.09. The summed E-state index contributed by atoms with van der Waals surface area (Å²) in [5.74, 6) is -0.440. The number of halogens is 1. The number of hydrogen-bond donors (Lipinski definition) is 1. The first-order valence-electron chi connectivity index (χ1n) is 8.82. The summed E-state index contributed by atoms with van der Waals surface area (Å²) in [6.45, 7) is 3.78. The van der Waals surface area contributed by atoms with E-state index in [0.717, 1.165) is 11.3 Å². The van der Waals surface area contributed by atoms with Gasteiger partial charge in [0.15, 0.2) is 0 Å². The van der Waals surface area contributed by atoms with Gasteiger partial charge in [0.1, 0.15) is 0 Å². The average Bonchev–Trinajstić information content (AvgIpc) is 2.95. The molecule has 0 aliphatic carbocycles. The second kappa shape index (κ2) is 6.82. The summed E-state index contributed by atoms with van der Waals surface area (Å²) in [6, 6.07) is 12.4. The molecule has 0 radical (unpaired) electrons. The predicted molar refractivity (Wildman–Crippen MR) is 106 cm³/mol. The van der Waals surface area contributed by atoms with Crippen LogP contribution in [-0.2, 0) is 14.8 Å². The van der Waals surface area contributed by atoms with Crippen LogP contribution in [0.3, 0.4) is 0 Å². The van der Waals surface area contributed by atoms with Crippen molar-refractivity contribution in [3.05, 3.63) is 53.1 Å². The first kappa shape index (κ1) is 18.3. The molecule has 2 aromatic rings. The summed E-state index contributed by atoms with van der Waals surface area (Å²) < 4.78 is 27.6. The van der Waals surface area contributed by atoms with E-state index in [9.17, 15) is 13.2 Å². The Kier molecular flexibility index (Phi) is 4.61. The zero-order chi connectivity index (χ0) is 19.2. The number of fused-ring (bicyclic) bond motifs is 1. The first-order valence-corrected chi connectivity index (χ1v) is 10.6. The highest BCUT2D eigenvalue weighted by atomic mass is 35.5. The fourth-order valence-corrected chi connectivity index (χ4v) is 5.21. The van der Waals surface area contributed by atoms with Crippen LogP contribution in [-0.4, -0.2) is 44.8 Å². The van der Waals surface area contributed by atoms with Gasteiger partial charge in [-0.2, -0.15) is 4.31 Å². The second-order valence-corrected chi connectivity index (χ2v) is 9.21. The molecule has 8 heteroatoms. The fourth-order valence-electron chi connectivity index (χ4n) is 3.56. The SMILES string of the molecule is C[C@@H]1C(=O)Nc2ccc(S(=O)(=O)N3CCN(c4cccc(Cl)c4)CC3)cc21. The predicted octanol–water partition coefficient (Wildman–Crippen LogP) is 2.91. The minimum Gasteiger partial charge on any atom is -0.369 e. The number of piperazine rings is 1. The number of carbonyl (C=O) groups excluding carboxylic acids is 1. The van der Waals surface area contributed by atoms with Gasteiger partial charge >= 0.3 is 0 Å². The van der Waals surface area contributed by atoms with E-state index < -0.39 is 10.0 Å². The smallest absolute Gasteiger partial charge is 0.243 e. The third-order valence-electron chi connectivity index (χ3n) is 5.19. The van der Waals surface area contributed by atoms with E-state index >= 15 is 0 Å². The van der Waals surface area contributed by atoms with Crippen LogP contribution < -0.4 is 10.2 Å².